The Morgan fingerprint density at radius 3 is 2.48 bits per heavy atom. The quantitative estimate of drug-likeness (QED) is 0.359. The molecule has 0 spiro atoms. The number of aryl methyl sites for hydroxylation is 2. The van der Waals surface area contributed by atoms with Gasteiger partial charge in [0.15, 0.2) is 4.80 Å². The van der Waals surface area contributed by atoms with Crippen molar-refractivity contribution in [2.24, 2.45) is 4.99 Å². The van der Waals surface area contributed by atoms with Crippen LogP contribution in [0, 0.1) is 20.8 Å². The van der Waals surface area contributed by atoms with E-state index in [-0.39, 0.29) is 17.7 Å². The van der Waals surface area contributed by atoms with Crippen LogP contribution in [-0.2, 0) is 9.53 Å². The molecule has 0 radical (unpaired) electrons. The molecular weight excluding hydrogens is 526 g/mol. The predicted octanol–water partition coefficient (Wildman–Crippen LogP) is 4.21. The van der Waals surface area contributed by atoms with Gasteiger partial charge in [0, 0.05) is 17.1 Å². The molecule has 0 amide bonds. The molecule has 8 nitrogen and oxygen atoms in total. The molecule has 1 N–H and O–H groups in total. The highest BCUT2D eigenvalue weighted by atomic mass is 32.1. The molecule has 1 atom stereocenters. The van der Waals surface area contributed by atoms with Crippen molar-refractivity contribution in [3.05, 3.63) is 119 Å². The van der Waals surface area contributed by atoms with Crippen LogP contribution < -0.4 is 14.9 Å². The highest BCUT2D eigenvalue weighted by Gasteiger charge is 2.33. The van der Waals surface area contributed by atoms with E-state index in [1.165, 1.54) is 11.3 Å². The van der Waals surface area contributed by atoms with Gasteiger partial charge in [0.05, 0.1) is 34.0 Å². The number of esters is 1. The number of rotatable bonds is 6. The van der Waals surface area contributed by atoms with Gasteiger partial charge in [-0.15, -0.1) is 0 Å². The zero-order valence-corrected chi connectivity index (χ0v) is 23.7. The number of ether oxygens (including phenoxy) is 1. The van der Waals surface area contributed by atoms with Crippen molar-refractivity contribution in [2.75, 3.05) is 6.61 Å². The summed E-state index contributed by atoms with van der Waals surface area (Å²) in [7, 11) is 0. The Hall–Kier alpha value is -4.50. The third kappa shape index (κ3) is 4.73. The van der Waals surface area contributed by atoms with Gasteiger partial charge in [0.1, 0.15) is 0 Å². The van der Waals surface area contributed by atoms with Gasteiger partial charge < -0.3 is 14.4 Å². The van der Waals surface area contributed by atoms with Crippen LogP contribution in [-0.4, -0.2) is 32.8 Å². The summed E-state index contributed by atoms with van der Waals surface area (Å²) in [6, 6.07) is 15.8. The lowest BCUT2D eigenvalue weighted by molar-refractivity contribution is -0.139. The number of allylic oxidation sites excluding steroid dienone is 1. The maximum absolute atomic E-state index is 13.9. The second-order valence-corrected chi connectivity index (χ2v) is 10.7. The number of nitrogens with zero attached hydrogens (tertiary/aromatic N) is 3. The fraction of sp³-hybridized carbons (Fsp3) is 0.226. The van der Waals surface area contributed by atoms with Crippen molar-refractivity contribution in [1.82, 2.24) is 9.13 Å². The first-order valence-corrected chi connectivity index (χ1v) is 13.7. The monoisotopic (exact) mass is 555 g/mol. The lowest BCUT2D eigenvalue weighted by atomic mass is 9.95. The molecule has 9 heteroatoms. The van der Waals surface area contributed by atoms with Crippen LogP contribution >= 0.6 is 11.3 Å². The Bertz CT molecular complexity index is 1870. The molecule has 1 aliphatic rings. The summed E-state index contributed by atoms with van der Waals surface area (Å²) < 4.78 is 9.39. The molecule has 1 unspecified atom stereocenters. The normalized spacial score (nSPS) is 15.1. The van der Waals surface area contributed by atoms with E-state index in [0.717, 1.165) is 33.8 Å². The van der Waals surface area contributed by atoms with Crippen molar-refractivity contribution >= 4 is 29.4 Å². The van der Waals surface area contributed by atoms with Crippen LogP contribution in [0.3, 0.4) is 0 Å². The maximum atomic E-state index is 13.9. The van der Waals surface area contributed by atoms with E-state index in [4.69, 9.17) is 4.74 Å². The summed E-state index contributed by atoms with van der Waals surface area (Å²) in [6.45, 7) is 9.58. The Morgan fingerprint density at radius 1 is 1.07 bits per heavy atom. The summed E-state index contributed by atoms with van der Waals surface area (Å²) in [4.78, 5) is 43.7. The van der Waals surface area contributed by atoms with Crippen molar-refractivity contribution in [2.45, 2.75) is 40.7 Å². The maximum Gasteiger partial charge on any atom is 0.338 e. The topological polar surface area (TPSA) is 103 Å². The van der Waals surface area contributed by atoms with Crippen molar-refractivity contribution in [3.63, 3.8) is 0 Å². The molecule has 3 heterocycles. The molecule has 0 saturated heterocycles. The zero-order chi connectivity index (χ0) is 28.7. The molecule has 40 heavy (non-hydrogen) atoms. The molecule has 2 aromatic heterocycles. The molecule has 204 valence electrons. The number of carbonyl (C=O) groups is 2. The first kappa shape index (κ1) is 27.1. The molecule has 0 aliphatic carbocycles. The summed E-state index contributed by atoms with van der Waals surface area (Å²) in [5.41, 5.74) is 6.01. The number of hydrogen-bond donors (Lipinski definition) is 1. The Morgan fingerprint density at radius 2 is 1.80 bits per heavy atom. The number of aromatic carboxylic acids is 1. The van der Waals surface area contributed by atoms with Crippen molar-refractivity contribution in [3.8, 4) is 5.69 Å². The summed E-state index contributed by atoms with van der Waals surface area (Å²) in [5, 5.41) is 9.43. The number of carboxylic acids is 1. The average Bonchev–Trinajstić information content (AvgIpc) is 3.37. The molecular formula is C31H29N3O5S. The van der Waals surface area contributed by atoms with Crippen LogP contribution in [0.25, 0.3) is 11.8 Å². The van der Waals surface area contributed by atoms with Gasteiger partial charge in [-0.3, -0.25) is 9.36 Å². The molecule has 5 rings (SSSR count). The number of benzene rings is 2. The van der Waals surface area contributed by atoms with Crippen LogP contribution in [0.2, 0.25) is 0 Å². The number of aromatic nitrogens is 2. The first-order valence-electron chi connectivity index (χ1n) is 12.9. The van der Waals surface area contributed by atoms with Crippen LogP contribution in [0.15, 0.2) is 75.7 Å². The number of carbonyl (C=O) groups excluding carboxylic acids is 1. The predicted molar refractivity (Wildman–Crippen MR) is 154 cm³/mol. The van der Waals surface area contributed by atoms with E-state index in [0.29, 0.717) is 20.6 Å². The van der Waals surface area contributed by atoms with Gasteiger partial charge in [0.2, 0.25) is 0 Å². The van der Waals surface area contributed by atoms with E-state index in [1.54, 1.807) is 36.6 Å². The minimum Gasteiger partial charge on any atom is -0.478 e. The average molecular weight is 556 g/mol. The van der Waals surface area contributed by atoms with Crippen LogP contribution in [0.1, 0.15) is 58.3 Å². The van der Waals surface area contributed by atoms with Gasteiger partial charge in [0.25, 0.3) is 5.56 Å². The van der Waals surface area contributed by atoms with E-state index < -0.39 is 18.0 Å². The number of carboxylic acid groups (broad SMARTS) is 1. The van der Waals surface area contributed by atoms with Crippen LogP contribution in [0.5, 0.6) is 0 Å². The molecule has 2 aromatic carbocycles. The number of thiazole rings is 1. The largest absolute Gasteiger partial charge is 0.478 e. The second kappa shape index (κ2) is 10.6. The minimum absolute atomic E-state index is 0.198. The lowest BCUT2D eigenvalue weighted by Gasteiger charge is -2.24. The Kier molecular flexibility index (Phi) is 7.16. The fourth-order valence-corrected chi connectivity index (χ4v) is 6.14. The SMILES string of the molecule is CCOC(=O)C1=C(C)N=c2s/c(=C\c3cc(C)n(-c4cccc(C(=O)O)c4)c3C)c(=O)n2C1c1ccc(C)cc1. The van der Waals surface area contributed by atoms with Gasteiger partial charge in [-0.25, -0.2) is 14.6 Å². The molecule has 0 fully saturated rings. The van der Waals surface area contributed by atoms with Gasteiger partial charge >= 0.3 is 11.9 Å². The molecule has 4 aromatic rings. The van der Waals surface area contributed by atoms with Crippen molar-refractivity contribution in [1.29, 1.82) is 0 Å². The van der Waals surface area contributed by atoms with Gasteiger partial charge in [-0.05, 0) is 76.1 Å². The molecule has 0 saturated carbocycles. The molecule has 0 bridgehead atoms. The Balaban J connectivity index is 1.68. The zero-order valence-electron chi connectivity index (χ0n) is 22.9. The van der Waals surface area contributed by atoms with Crippen molar-refractivity contribution < 1.29 is 19.4 Å². The third-order valence-corrected chi connectivity index (χ3v) is 8.00. The highest BCUT2D eigenvalue weighted by Crippen LogP contribution is 2.31. The highest BCUT2D eigenvalue weighted by molar-refractivity contribution is 7.07. The summed E-state index contributed by atoms with van der Waals surface area (Å²) in [6.07, 6.45) is 1.83. The first-order chi connectivity index (χ1) is 19.1. The lowest BCUT2D eigenvalue weighted by Crippen LogP contribution is -2.39. The number of fused-ring (bicyclic) bond motifs is 1. The van der Waals surface area contributed by atoms with E-state index in [2.05, 4.69) is 4.99 Å². The van der Waals surface area contributed by atoms with E-state index in [9.17, 15) is 19.5 Å². The molecule has 1 aliphatic heterocycles. The third-order valence-electron chi connectivity index (χ3n) is 7.02. The van der Waals surface area contributed by atoms with Gasteiger partial charge in [-0.1, -0.05) is 47.2 Å². The smallest absolute Gasteiger partial charge is 0.338 e. The summed E-state index contributed by atoms with van der Waals surface area (Å²) >= 11 is 1.27. The Labute approximate surface area is 234 Å². The van der Waals surface area contributed by atoms with E-state index in [1.807, 2.05) is 67.8 Å². The summed E-state index contributed by atoms with van der Waals surface area (Å²) in [5.74, 6) is -1.48. The van der Waals surface area contributed by atoms with E-state index >= 15 is 0 Å². The van der Waals surface area contributed by atoms with Crippen LogP contribution in [0.4, 0.5) is 0 Å². The number of hydrogen-bond acceptors (Lipinski definition) is 6. The fourth-order valence-electron chi connectivity index (χ4n) is 5.11. The minimum atomic E-state index is -0.994. The second-order valence-electron chi connectivity index (χ2n) is 9.73. The standard InChI is InChI=1S/C31H29N3O5S/c1-6-39-30(38)26-19(4)32-31-34(27(26)21-12-10-17(2)11-13-21)28(35)25(40-31)16-23-14-18(3)33(20(23)5)24-9-7-8-22(15-24)29(36)37/h7-16,27H,6H2,1-5H3,(H,36,37)/b25-16-. The van der Waals surface area contributed by atoms with Gasteiger partial charge in [-0.2, -0.15) is 0 Å².